The minimum Gasteiger partial charge on any atom is -0.444 e. The predicted molar refractivity (Wildman–Crippen MR) is 230 cm³/mol. The van der Waals surface area contributed by atoms with Crippen molar-refractivity contribution in [3.8, 4) is 0 Å². The van der Waals surface area contributed by atoms with E-state index in [0.717, 1.165) is 6.04 Å². The van der Waals surface area contributed by atoms with Crippen LogP contribution in [0.4, 0.5) is 19.7 Å². The van der Waals surface area contributed by atoms with E-state index in [1.54, 1.807) is 60.3 Å². The molecule has 326 valence electrons. The monoisotopic (exact) mass is 841 g/mol. The van der Waals surface area contributed by atoms with Gasteiger partial charge < -0.3 is 43.4 Å². The molecule has 17 heteroatoms. The average molecular weight is 842 g/mol. The molecule has 3 heterocycles. The van der Waals surface area contributed by atoms with Gasteiger partial charge in [0.25, 0.3) is 11.5 Å². The van der Waals surface area contributed by atoms with Crippen molar-refractivity contribution in [1.82, 2.24) is 28.8 Å². The second-order valence-corrected chi connectivity index (χ2v) is 23.2. The first-order chi connectivity index (χ1) is 27.5. The highest BCUT2D eigenvalue weighted by Crippen LogP contribution is 2.27. The normalized spacial score (nSPS) is 12.5. The van der Waals surface area contributed by atoms with Crippen LogP contribution in [0.3, 0.4) is 0 Å². The average Bonchev–Trinajstić information content (AvgIpc) is 3.48. The van der Waals surface area contributed by atoms with Crippen LogP contribution < -0.4 is 10.9 Å². The van der Waals surface area contributed by atoms with Gasteiger partial charge in [0.05, 0.1) is 23.8 Å². The van der Waals surface area contributed by atoms with Crippen molar-refractivity contribution in [3.05, 3.63) is 70.2 Å². The number of rotatable bonds is 19. The standard InChI is InChI=1S/C42H64FN7O8Si/c1-29(2)24-31-32(43)26-44-34-25-30(50(37(31)34)28-56-22-23-59(10,11)12)27-49-19-15-16-33(39(49)53)45-38(52)35(17-13-14-18-36(51)46(6)7)57-40(54)47(8)20-21-48(9)41(55)58-42(3,4)5/h14-16,18-19,25-26,29,35H,13,17,20-24,27-28H2,1-12H3,(H,45,52)/b18-14+. The van der Waals surface area contributed by atoms with Crippen molar-refractivity contribution in [2.24, 2.45) is 5.92 Å². The lowest BCUT2D eigenvalue weighted by molar-refractivity contribution is -0.125. The maximum Gasteiger partial charge on any atom is 0.410 e. The molecule has 3 rings (SSSR count). The zero-order chi connectivity index (χ0) is 44.2. The molecule has 0 spiro atoms. The summed E-state index contributed by atoms with van der Waals surface area (Å²) < 4.78 is 35.8. The Hall–Kier alpha value is -5.03. The number of hydrogen-bond donors (Lipinski definition) is 1. The number of carbonyl (C=O) groups excluding carboxylic acids is 4. The van der Waals surface area contributed by atoms with Crippen molar-refractivity contribution in [3.63, 3.8) is 0 Å². The summed E-state index contributed by atoms with van der Waals surface area (Å²) in [6, 6.07) is 5.83. The summed E-state index contributed by atoms with van der Waals surface area (Å²) in [7, 11) is 4.84. The molecular formula is C42H64FN7O8Si. The van der Waals surface area contributed by atoms with Crippen LogP contribution in [-0.4, -0.2) is 120 Å². The number of ether oxygens (including phenoxy) is 3. The van der Waals surface area contributed by atoms with Crippen LogP contribution >= 0.6 is 0 Å². The topological polar surface area (TPSA) is 158 Å². The molecule has 0 aliphatic heterocycles. The van der Waals surface area contributed by atoms with Crippen molar-refractivity contribution >= 4 is 48.8 Å². The minimum atomic E-state index is -1.39. The molecule has 1 atom stereocenters. The van der Waals surface area contributed by atoms with Crippen molar-refractivity contribution in [1.29, 1.82) is 0 Å². The Morgan fingerprint density at radius 1 is 1.03 bits per heavy atom. The first kappa shape index (κ1) is 48.3. The van der Waals surface area contributed by atoms with Crippen molar-refractivity contribution in [2.45, 2.75) is 105 Å². The molecule has 0 fully saturated rings. The summed E-state index contributed by atoms with van der Waals surface area (Å²) in [6.45, 7) is 17.0. The number of nitrogens with one attached hydrogen (secondary N) is 1. The van der Waals surface area contributed by atoms with Gasteiger partial charge >= 0.3 is 12.2 Å². The molecule has 0 aromatic carbocycles. The fraction of sp³-hybridized carbons (Fsp3) is 0.571. The van der Waals surface area contributed by atoms with Gasteiger partial charge in [0.2, 0.25) is 5.91 Å². The van der Waals surface area contributed by atoms with Crippen LogP contribution in [0.15, 0.2) is 47.5 Å². The molecule has 0 radical (unpaired) electrons. The van der Waals surface area contributed by atoms with E-state index in [9.17, 15) is 24.0 Å². The van der Waals surface area contributed by atoms with E-state index in [1.165, 1.54) is 44.7 Å². The second kappa shape index (κ2) is 21.3. The van der Waals surface area contributed by atoms with Crippen LogP contribution in [0.1, 0.15) is 58.7 Å². The Bertz CT molecular complexity index is 2020. The zero-order valence-electron chi connectivity index (χ0n) is 36.9. The molecule has 0 bridgehead atoms. The van der Waals surface area contributed by atoms with Crippen molar-refractivity contribution < 1.29 is 37.8 Å². The maximum atomic E-state index is 15.3. The fourth-order valence-electron chi connectivity index (χ4n) is 5.74. The Balaban J connectivity index is 1.88. The van der Waals surface area contributed by atoms with E-state index in [4.69, 9.17) is 14.2 Å². The molecule has 3 aromatic rings. The molecule has 59 heavy (non-hydrogen) atoms. The largest absolute Gasteiger partial charge is 0.444 e. The van der Waals surface area contributed by atoms with Crippen LogP contribution in [0.25, 0.3) is 11.0 Å². The molecule has 0 saturated heterocycles. The highest BCUT2D eigenvalue weighted by Gasteiger charge is 2.27. The number of carbonyl (C=O) groups is 4. The highest BCUT2D eigenvalue weighted by molar-refractivity contribution is 6.76. The summed E-state index contributed by atoms with van der Waals surface area (Å²) in [5.41, 5.74) is 1.11. The fourth-order valence-corrected chi connectivity index (χ4v) is 6.49. The maximum absolute atomic E-state index is 15.3. The first-order valence-corrected chi connectivity index (χ1v) is 23.6. The molecule has 3 aromatic heterocycles. The Kier molecular flexibility index (Phi) is 17.4. The smallest absolute Gasteiger partial charge is 0.410 e. The lowest BCUT2D eigenvalue weighted by Gasteiger charge is -2.26. The summed E-state index contributed by atoms with van der Waals surface area (Å²) >= 11 is 0. The second-order valence-electron chi connectivity index (χ2n) is 17.6. The summed E-state index contributed by atoms with van der Waals surface area (Å²) in [6.07, 6.45) is 3.69. The number of aromatic nitrogens is 3. The molecule has 4 amide bonds. The lowest BCUT2D eigenvalue weighted by Crippen LogP contribution is -2.42. The van der Waals surface area contributed by atoms with E-state index in [-0.39, 0.29) is 56.7 Å². The van der Waals surface area contributed by atoms with Crippen LogP contribution in [-0.2, 0) is 43.5 Å². The zero-order valence-corrected chi connectivity index (χ0v) is 37.9. The van der Waals surface area contributed by atoms with Crippen molar-refractivity contribution in [2.75, 3.05) is 53.2 Å². The first-order valence-electron chi connectivity index (χ1n) is 19.9. The number of fused-ring (bicyclic) bond motifs is 1. The highest BCUT2D eigenvalue weighted by atomic mass is 28.3. The third kappa shape index (κ3) is 15.3. The van der Waals surface area contributed by atoms with Crippen LogP contribution in [0.5, 0.6) is 0 Å². The lowest BCUT2D eigenvalue weighted by atomic mass is 10.0. The van der Waals surface area contributed by atoms with Gasteiger partial charge in [-0.3, -0.25) is 19.4 Å². The van der Waals surface area contributed by atoms with Gasteiger partial charge in [-0.05, 0) is 76.3 Å². The molecule has 15 nitrogen and oxygen atoms in total. The summed E-state index contributed by atoms with van der Waals surface area (Å²) in [5.74, 6) is -1.24. The van der Waals surface area contributed by atoms with E-state index in [2.05, 4.69) is 29.9 Å². The number of halogens is 1. The summed E-state index contributed by atoms with van der Waals surface area (Å²) in [5, 5.41) is 2.64. The minimum absolute atomic E-state index is 0.00152. The van der Waals surface area contributed by atoms with E-state index < -0.39 is 49.2 Å². The van der Waals surface area contributed by atoms with Gasteiger partial charge in [-0.25, -0.2) is 14.0 Å². The molecule has 0 saturated carbocycles. The number of pyridine rings is 2. The Morgan fingerprint density at radius 3 is 2.31 bits per heavy atom. The Labute approximate surface area is 348 Å². The van der Waals surface area contributed by atoms with Gasteiger partial charge in [0.15, 0.2) is 6.10 Å². The van der Waals surface area contributed by atoms with Gasteiger partial charge in [-0.2, -0.15) is 0 Å². The van der Waals surface area contributed by atoms with Crippen LogP contribution in [0.2, 0.25) is 25.7 Å². The number of hydrogen-bond acceptors (Lipinski definition) is 9. The number of likely N-dealkylation sites (N-methyl/N-ethyl adjacent to an activating group) is 3. The molecule has 1 N–H and O–H groups in total. The number of anilines is 1. The predicted octanol–water partition coefficient (Wildman–Crippen LogP) is 6.56. The molecule has 0 aliphatic rings. The van der Waals surface area contributed by atoms with Gasteiger partial charge in [0, 0.05) is 73.4 Å². The third-order valence-electron chi connectivity index (χ3n) is 9.11. The number of amides is 4. The summed E-state index contributed by atoms with van der Waals surface area (Å²) in [4.78, 5) is 73.8. The van der Waals surface area contributed by atoms with Gasteiger partial charge in [-0.15, -0.1) is 0 Å². The SMILES string of the molecule is CC(C)Cc1c(F)cnc2cc(Cn3cccc(NC(=O)C(CC/C=C/C(=O)N(C)C)OC(=O)N(C)CCN(C)C(=O)OC(C)(C)C)c3=O)n(COCC[Si](C)(C)C)c12. The van der Waals surface area contributed by atoms with Gasteiger partial charge in [-0.1, -0.05) is 39.6 Å². The Morgan fingerprint density at radius 2 is 1.69 bits per heavy atom. The van der Waals surface area contributed by atoms with Gasteiger partial charge in [0.1, 0.15) is 23.8 Å². The van der Waals surface area contributed by atoms with E-state index in [1.807, 2.05) is 24.5 Å². The number of nitrogens with zero attached hydrogens (tertiary/aromatic N) is 6. The van der Waals surface area contributed by atoms with Crippen LogP contribution in [0, 0.1) is 11.7 Å². The van der Waals surface area contributed by atoms with E-state index in [0.29, 0.717) is 35.3 Å². The molecule has 0 aliphatic carbocycles. The quantitative estimate of drug-likeness (QED) is 0.0802. The number of allylic oxidation sites excluding steroid dienone is 1. The van der Waals surface area contributed by atoms with E-state index >= 15 is 4.39 Å². The third-order valence-corrected chi connectivity index (χ3v) is 10.8. The molecular weight excluding hydrogens is 778 g/mol. The molecule has 1 unspecified atom stereocenters.